The van der Waals surface area contributed by atoms with Gasteiger partial charge >= 0.3 is 12.0 Å². The molecular formula is C25H22FN5O4. The molecule has 35 heavy (non-hydrogen) atoms. The maximum atomic E-state index is 13.9. The fraction of sp³-hybridized carbons (Fsp3) is 0.0800. The third-order valence-corrected chi connectivity index (χ3v) is 4.98. The van der Waals surface area contributed by atoms with Crippen molar-refractivity contribution >= 4 is 23.4 Å². The number of carbonyl (C=O) groups excluding carboxylic acids is 2. The Morgan fingerprint density at radius 2 is 1.83 bits per heavy atom. The minimum absolute atomic E-state index is 0.0417. The van der Waals surface area contributed by atoms with E-state index in [-0.39, 0.29) is 12.2 Å². The van der Waals surface area contributed by atoms with Gasteiger partial charge in [0, 0.05) is 36.3 Å². The lowest BCUT2D eigenvalue weighted by atomic mass is 10.2. The van der Waals surface area contributed by atoms with Crippen LogP contribution in [0.2, 0.25) is 0 Å². The number of nitrogens with two attached hydrogens (primary N) is 1. The van der Waals surface area contributed by atoms with E-state index < -0.39 is 17.8 Å². The number of benzene rings is 2. The molecule has 0 spiro atoms. The number of methoxy groups -OCH3 is 1. The smallest absolute Gasteiger partial charge is 0.354 e. The van der Waals surface area contributed by atoms with E-state index in [1.165, 1.54) is 19.2 Å². The van der Waals surface area contributed by atoms with Gasteiger partial charge < -0.3 is 30.8 Å². The van der Waals surface area contributed by atoms with Crippen LogP contribution in [0, 0.1) is 5.82 Å². The Morgan fingerprint density at radius 1 is 1.03 bits per heavy atom. The molecule has 2 aromatic heterocycles. The van der Waals surface area contributed by atoms with Crippen molar-refractivity contribution in [1.29, 1.82) is 0 Å². The molecule has 0 bridgehead atoms. The molecule has 178 valence electrons. The number of ether oxygens (including phenoxy) is 2. The first kappa shape index (κ1) is 23.5. The third kappa shape index (κ3) is 5.81. The second-order valence-electron chi connectivity index (χ2n) is 7.39. The first-order valence-corrected chi connectivity index (χ1v) is 10.5. The van der Waals surface area contributed by atoms with Gasteiger partial charge in [-0.2, -0.15) is 0 Å². The molecule has 0 atom stereocenters. The number of aromatic nitrogens is 2. The summed E-state index contributed by atoms with van der Waals surface area (Å²) < 4.78 is 24.5. The maximum Gasteiger partial charge on any atom is 0.354 e. The molecule has 0 saturated heterocycles. The first-order valence-electron chi connectivity index (χ1n) is 10.5. The zero-order chi connectivity index (χ0) is 24.8. The molecule has 0 aliphatic heterocycles. The number of esters is 1. The number of carbonyl (C=O) groups is 2. The quantitative estimate of drug-likeness (QED) is 0.281. The maximum absolute atomic E-state index is 13.9. The average molecular weight is 475 g/mol. The predicted octanol–water partition coefficient (Wildman–Crippen LogP) is 4.90. The lowest BCUT2D eigenvalue weighted by molar-refractivity contribution is 0.0595. The van der Waals surface area contributed by atoms with Crippen LogP contribution in [0.3, 0.4) is 0 Å². The SMILES string of the molecule is COC(=O)c1cc(-c2cc(Oc3ccc(NC(=O)Nc4cc(CN)ccc4F)cc3)ccn2)c[nH]1. The molecule has 2 aromatic carbocycles. The number of amides is 2. The minimum Gasteiger partial charge on any atom is -0.464 e. The highest BCUT2D eigenvalue weighted by atomic mass is 19.1. The van der Waals surface area contributed by atoms with Crippen LogP contribution in [-0.2, 0) is 11.3 Å². The predicted molar refractivity (Wildman–Crippen MR) is 129 cm³/mol. The van der Waals surface area contributed by atoms with Crippen molar-refractivity contribution in [2.75, 3.05) is 17.7 Å². The number of aromatic amines is 1. The Labute approximate surface area is 200 Å². The molecule has 0 fully saturated rings. The van der Waals surface area contributed by atoms with Crippen molar-refractivity contribution < 1.29 is 23.5 Å². The van der Waals surface area contributed by atoms with Gasteiger partial charge in [-0.25, -0.2) is 14.0 Å². The number of pyridine rings is 1. The van der Waals surface area contributed by atoms with Crippen LogP contribution < -0.4 is 21.1 Å². The Hall–Kier alpha value is -4.70. The van der Waals surface area contributed by atoms with E-state index in [1.807, 2.05) is 0 Å². The van der Waals surface area contributed by atoms with E-state index >= 15 is 0 Å². The van der Waals surface area contributed by atoms with Crippen LogP contribution in [-0.4, -0.2) is 29.1 Å². The van der Waals surface area contributed by atoms with E-state index in [1.54, 1.807) is 60.9 Å². The average Bonchev–Trinajstić information content (AvgIpc) is 3.37. The molecule has 4 aromatic rings. The molecule has 10 heteroatoms. The van der Waals surface area contributed by atoms with Gasteiger partial charge in [-0.15, -0.1) is 0 Å². The normalized spacial score (nSPS) is 10.5. The fourth-order valence-electron chi connectivity index (χ4n) is 3.22. The zero-order valence-corrected chi connectivity index (χ0v) is 18.7. The van der Waals surface area contributed by atoms with Gasteiger partial charge in [-0.3, -0.25) is 4.98 Å². The molecule has 0 saturated carbocycles. The van der Waals surface area contributed by atoms with Crippen molar-refractivity contribution in [3.05, 3.63) is 90.1 Å². The first-order chi connectivity index (χ1) is 16.9. The van der Waals surface area contributed by atoms with E-state index in [9.17, 15) is 14.0 Å². The van der Waals surface area contributed by atoms with Crippen LogP contribution >= 0.6 is 0 Å². The van der Waals surface area contributed by atoms with Gasteiger partial charge in [0.15, 0.2) is 0 Å². The number of anilines is 2. The molecule has 2 amide bonds. The summed E-state index contributed by atoms with van der Waals surface area (Å²) in [6, 6.07) is 15.4. The van der Waals surface area contributed by atoms with E-state index in [2.05, 4.69) is 20.6 Å². The summed E-state index contributed by atoms with van der Waals surface area (Å²) in [6.07, 6.45) is 3.25. The summed E-state index contributed by atoms with van der Waals surface area (Å²) in [5.41, 5.74) is 8.42. The van der Waals surface area contributed by atoms with Crippen LogP contribution in [0.25, 0.3) is 11.3 Å². The van der Waals surface area contributed by atoms with Crippen molar-refractivity contribution in [2.45, 2.75) is 6.54 Å². The number of H-pyrrole nitrogens is 1. The molecule has 5 N–H and O–H groups in total. The number of hydrogen-bond acceptors (Lipinski definition) is 6. The van der Waals surface area contributed by atoms with Crippen molar-refractivity contribution in [1.82, 2.24) is 9.97 Å². The van der Waals surface area contributed by atoms with E-state index in [0.29, 0.717) is 39.7 Å². The Bertz CT molecular complexity index is 1350. The number of nitrogens with one attached hydrogen (secondary N) is 3. The summed E-state index contributed by atoms with van der Waals surface area (Å²) in [7, 11) is 1.31. The molecule has 0 aliphatic carbocycles. The fourth-order valence-corrected chi connectivity index (χ4v) is 3.22. The Kier molecular flexibility index (Phi) is 7.03. The van der Waals surface area contributed by atoms with E-state index in [0.717, 1.165) is 0 Å². The van der Waals surface area contributed by atoms with Crippen LogP contribution in [0.1, 0.15) is 16.1 Å². The van der Waals surface area contributed by atoms with Crippen LogP contribution in [0.5, 0.6) is 11.5 Å². The number of hydrogen-bond donors (Lipinski definition) is 4. The lowest BCUT2D eigenvalue weighted by Gasteiger charge is -2.11. The number of halogens is 1. The van der Waals surface area contributed by atoms with Gasteiger partial charge in [0.2, 0.25) is 0 Å². The van der Waals surface area contributed by atoms with Crippen LogP contribution in [0.4, 0.5) is 20.6 Å². The highest BCUT2D eigenvalue weighted by Gasteiger charge is 2.12. The summed E-state index contributed by atoms with van der Waals surface area (Å²) in [4.78, 5) is 31.1. The number of urea groups is 1. The highest BCUT2D eigenvalue weighted by molar-refractivity contribution is 5.99. The number of rotatable bonds is 7. The minimum atomic E-state index is -0.594. The monoisotopic (exact) mass is 475 g/mol. The van der Waals surface area contributed by atoms with E-state index in [4.69, 9.17) is 15.2 Å². The number of nitrogens with zero attached hydrogens (tertiary/aromatic N) is 1. The third-order valence-electron chi connectivity index (χ3n) is 4.98. The molecule has 4 rings (SSSR count). The molecule has 0 unspecified atom stereocenters. The molecule has 0 radical (unpaired) electrons. The molecule has 0 aliphatic rings. The van der Waals surface area contributed by atoms with Gasteiger partial charge in [-0.1, -0.05) is 6.07 Å². The summed E-state index contributed by atoms with van der Waals surface area (Å²) in [5.74, 6) is 0.0304. The second kappa shape index (κ2) is 10.5. The van der Waals surface area contributed by atoms with Gasteiger partial charge in [0.1, 0.15) is 23.0 Å². The van der Waals surface area contributed by atoms with Gasteiger partial charge in [0.05, 0.1) is 18.5 Å². The summed E-state index contributed by atoms with van der Waals surface area (Å²) in [6.45, 7) is 0.233. The van der Waals surface area contributed by atoms with Gasteiger partial charge in [0.25, 0.3) is 0 Å². The Morgan fingerprint density at radius 3 is 2.57 bits per heavy atom. The summed E-state index contributed by atoms with van der Waals surface area (Å²) >= 11 is 0. The zero-order valence-electron chi connectivity index (χ0n) is 18.7. The second-order valence-corrected chi connectivity index (χ2v) is 7.39. The van der Waals surface area contributed by atoms with Crippen molar-refractivity contribution in [2.24, 2.45) is 5.73 Å². The lowest BCUT2D eigenvalue weighted by Crippen LogP contribution is -2.20. The topological polar surface area (TPSA) is 131 Å². The standard InChI is InChI=1S/C25H22FN5O4/c1-34-24(32)23-11-16(14-29-23)21-12-19(8-9-28-21)35-18-5-3-17(4-6-18)30-25(33)31-22-10-15(13-27)2-7-20(22)26/h2-12,14,29H,13,27H2,1H3,(H2,30,31,33). The largest absolute Gasteiger partial charge is 0.464 e. The van der Waals surface area contributed by atoms with Gasteiger partial charge in [-0.05, 0) is 54.1 Å². The van der Waals surface area contributed by atoms with Crippen molar-refractivity contribution in [3.63, 3.8) is 0 Å². The highest BCUT2D eigenvalue weighted by Crippen LogP contribution is 2.27. The summed E-state index contributed by atoms with van der Waals surface area (Å²) in [5, 5.41) is 5.11. The molecular weight excluding hydrogens is 453 g/mol. The van der Waals surface area contributed by atoms with Crippen LogP contribution in [0.15, 0.2) is 73.1 Å². The molecule has 2 heterocycles. The Balaban J connectivity index is 1.39. The van der Waals surface area contributed by atoms with Crippen molar-refractivity contribution in [3.8, 4) is 22.8 Å². The molecule has 9 nitrogen and oxygen atoms in total.